The van der Waals surface area contributed by atoms with E-state index in [2.05, 4.69) is 20.6 Å². The molecular formula is C15H16Cl2N4O. The number of anilines is 2. The summed E-state index contributed by atoms with van der Waals surface area (Å²) >= 11 is 11.8. The van der Waals surface area contributed by atoms with E-state index in [4.69, 9.17) is 23.2 Å². The first-order valence-electron chi connectivity index (χ1n) is 6.73. The Hall–Kier alpha value is -1.85. The monoisotopic (exact) mass is 338 g/mol. The fraction of sp³-hybridized carbons (Fsp3) is 0.267. The van der Waals surface area contributed by atoms with E-state index in [1.54, 1.807) is 31.2 Å². The number of benzene rings is 1. The van der Waals surface area contributed by atoms with Crippen LogP contribution in [0.2, 0.25) is 10.0 Å². The summed E-state index contributed by atoms with van der Waals surface area (Å²) in [5.74, 6) is 0.0694. The molecule has 22 heavy (non-hydrogen) atoms. The molecule has 7 heteroatoms. The van der Waals surface area contributed by atoms with E-state index in [1.807, 2.05) is 13.8 Å². The van der Waals surface area contributed by atoms with Gasteiger partial charge in [0, 0.05) is 27.5 Å². The Morgan fingerprint density at radius 2 is 1.73 bits per heavy atom. The van der Waals surface area contributed by atoms with Crippen LogP contribution >= 0.6 is 23.2 Å². The maximum atomic E-state index is 12.3. The van der Waals surface area contributed by atoms with E-state index in [0.717, 1.165) is 0 Å². The third kappa shape index (κ3) is 4.58. The molecule has 1 amide bonds. The number of aromatic nitrogens is 2. The van der Waals surface area contributed by atoms with Crippen molar-refractivity contribution in [3.05, 3.63) is 45.7 Å². The van der Waals surface area contributed by atoms with Crippen molar-refractivity contribution in [2.24, 2.45) is 0 Å². The van der Waals surface area contributed by atoms with Crippen molar-refractivity contribution in [3.63, 3.8) is 0 Å². The first-order chi connectivity index (χ1) is 10.3. The van der Waals surface area contributed by atoms with Gasteiger partial charge in [0.2, 0.25) is 5.95 Å². The highest BCUT2D eigenvalue weighted by Gasteiger charge is 2.12. The Morgan fingerprint density at radius 1 is 1.09 bits per heavy atom. The standard InChI is InChI=1S/C15H16Cl2N4O/c1-8(2)18-15-19-9(3)4-13(21-15)14(22)20-12-6-10(16)5-11(17)7-12/h4-8H,1-3H3,(H,20,22)(H,18,19,21). The summed E-state index contributed by atoms with van der Waals surface area (Å²) in [4.78, 5) is 20.8. The van der Waals surface area contributed by atoms with Crippen LogP contribution in [0.5, 0.6) is 0 Å². The first-order valence-corrected chi connectivity index (χ1v) is 7.49. The molecule has 0 unspecified atom stereocenters. The largest absolute Gasteiger partial charge is 0.352 e. The second-order valence-corrected chi connectivity index (χ2v) is 6.00. The van der Waals surface area contributed by atoms with Crippen LogP contribution in [0.3, 0.4) is 0 Å². The summed E-state index contributed by atoms with van der Waals surface area (Å²) < 4.78 is 0. The average molecular weight is 339 g/mol. The number of nitrogens with one attached hydrogen (secondary N) is 2. The van der Waals surface area contributed by atoms with Gasteiger partial charge in [-0.25, -0.2) is 9.97 Å². The van der Waals surface area contributed by atoms with Crippen LogP contribution in [0.15, 0.2) is 24.3 Å². The second-order valence-electron chi connectivity index (χ2n) is 5.13. The molecule has 1 heterocycles. The molecule has 2 N–H and O–H groups in total. The third-order valence-electron chi connectivity index (χ3n) is 2.63. The van der Waals surface area contributed by atoms with Gasteiger partial charge in [-0.05, 0) is 45.0 Å². The molecular weight excluding hydrogens is 323 g/mol. The van der Waals surface area contributed by atoms with Gasteiger partial charge in [-0.1, -0.05) is 23.2 Å². The van der Waals surface area contributed by atoms with Crippen LogP contribution in [0, 0.1) is 6.92 Å². The molecule has 1 aromatic carbocycles. The molecule has 0 aliphatic heterocycles. The van der Waals surface area contributed by atoms with Crippen LogP contribution in [-0.4, -0.2) is 21.9 Å². The lowest BCUT2D eigenvalue weighted by molar-refractivity contribution is 0.102. The summed E-state index contributed by atoms with van der Waals surface area (Å²) in [5, 5.41) is 6.70. The molecule has 0 aliphatic rings. The van der Waals surface area contributed by atoms with Gasteiger partial charge in [0.15, 0.2) is 0 Å². The number of rotatable bonds is 4. The van der Waals surface area contributed by atoms with Gasteiger partial charge in [-0.2, -0.15) is 0 Å². The Bertz CT molecular complexity index is 684. The zero-order valence-electron chi connectivity index (χ0n) is 12.4. The number of nitrogens with zero attached hydrogens (tertiary/aromatic N) is 2. The predicted octanol–water partition coefficient (Wildman–Crippen LogP) is 4.16. The smallest absolute Gasteiger partial charge is 0.274 e. The van der Waals surface area contributed by atoms with Crippen molar-refractivity contribution in [3.8, 4) is 0 Å². The van der Waals surface area contributed by atoms with E-state index in [9.17, 15) is 4.79 Å². The van der Waals surface area contributed by atoms with Gasteiger partial charge < -0.3 is 10.6 Å². The van der Waals surface area contributed by atoms with Crippen LogP contribution in [0.25, 0.3) is 0 Å². The van der Waals surface area contributed by atoms with Gasteiger partial charge in [0.05, 0.1) is 0 Å². The van der Waals surface area contributed by atoms with E-state index >= 15 is 0 Å². The summed E-state index contributed by atoms with van der Waals surface area (Å²) in [5.41, 5.74) is 1.48. The molecule has 0 saturated carbocycles. The molecule has 0 atom stereocenters. The number of amides is 1. The van der Waals surface area contributed by atoms with Crippen molar-refractivity contribution < 1.29 is 4.79 Å². The van der Waals surface area contributed by atoms with Crippen LogP contribution in [-0.2, 0) is 0 Å². The lowest BCUT2D eigenvalue weighted by atomic mass is 10.3. The zero-order chi connectivity index (χ0) is 16.3. The minimum atomic E-state index is -0.351. The second kappa shape index (κ2) is 6.94. The SMILES string of the molecule is Cc1cc(C(=O)Nc2cc(Cl)cc(Cl)c2)nc(NC(C)C)n1. The minimum Gasteiger partial charge on any atom is -0.352 e. The van der Waals surface area contributed by atoms with Crippen molar-refractivity contribution in [1.82, 2.24) is 9.97 Å². The Morgan fingerprint density at radius 3 is 2.32 bits per heavy atom. The molecule has 0 fully saturated rings. The van der Waals surface area contributed by atoms with E-state index < -0.39 is 0 Å². The summed E-state index contributed by atoms with van der Waals surface area (Å²) in [6.45, 7) is 5.75. The lowest BCUT2D eigenvalue weighted by Gasteiger charge is -2.11. The fourth-order valence-electron chi connectivity index (χ4n) is 1.83. The first kappa shape index (κ1) is 16.5. The quantitative estimate of drug-likeness (QED) is 0.878. The maximum Gasteiger partial charge on any atom is 0.274 e. The molecule has 1 aromatic heterocycles. The summed E-state index contributed by atoms with van der Waals surface area (Å²) in [7, 11) is 0. The van der Waals surface area contributed by atoms with Crippen molar-refractivity contribution in [1.29, 1.82) is 0 Å². The van der Waals surface area contributed by atoms with Crippen molar-refractivity contribution in [2.75, 3.05) is 10.6 Å². The molecule has 0 spiro atoms. The topological polar surface area (TPSA) is 66.9 Å². The minimum absolute atomic E-state index is 0.171. The van der Waals surface area contributed by atoms with Gasteiger partial charge in [-0.15, -0.1) is 0 Å². The number of aryl methyl sites for hydroxylation is 1. The molecule has 5 nitrogen and oxygen atoms in total. The van der Waals surface area contributed by atoms with Gasteiger partial charge in [0.1, 0.15) is 5.69 Å². The highest BCUT2D eigenvalue weighted by molar-refractivity contribution is 6.35. The van der Waals surface area contributed by atoms with Gasteiger partial charge in [0.25, 0.3) is 5.91 Å². The van der Waals surface area contributed by atoms with Crippen molar-refractivity contribution in [2.45, 2.75) is 26.8 Å². The van der Waals surface area contributed by atoms with E-state index in [1.165, 1.54) is 0 Å². The summed E-state index contributed by atoms with van der Waals surface area (Å²) in [6, 6.07) is 6.62. The zero-order valence-corrected chi connectivity index (χ0v) is 14.0. The highest BCUT2D eigenvalue weighted by Crippen LogP contribution is 2.22. The molecule has 0 saturated heterocycles. The van der Waals surface area contributed by atoms with Gasteiger partial charge in [-0.3, -0.25) is 4.79 Å². The van der Waals surface area contributed by atoms with Crippen LogP contribution in [0.1, 0.15) is 30.0 Å². The third-order valence-corrected chi connectivity index (χ3v) is 3.06. The predicted molar refractivity (Wildman–Crippen MR) is 89.9 cm³/mol. The highest BCUT2D eigenvalue weighted by atomic mass is 35.5. The molecule has 0 bridgehead atoms. The molecule has 116 valence electrons. The van der Waals surface area contributed by atoms with E-state index in [-0.39, 0.29) is 17.6 Å². The van der Waals surface area contributed by atoms with E-state index in [0.29, 0.717) is 27.4 Å². The Labute approximate surface area is 139 Å². The number of carbonyl (C=O) groups is 1. The molecule has 0 aliphatic carbocycles. The van der Waals surface area contributed by atoms with Crippen LogP contribution < -0.4 is 10.6 Å². The number of hydrogen-bond donors (Lipinski definition) is 2. The Kier molecular flexibility index (Phi) is 5.21. The normalized spacial score (nSPS) is 10.6. The fourth-order valence-corrected chi connectivity index (χ4v) is 2.35. The lowest BCUT2D eigenvalue weighted by Crippen LogP contribution is -2.18. The maximum absolute atomic E-state index is 12.3. The van der Waals surface area contributed by atoms with Gasteiger partial charge >= 0.3 is 0 Å². The van der Waals surface area contributed by atoms with Crippen LogP contribution in [0.4, 0.5) is 11.6 Å². The average Bonchev–Trinajstić information content (AvgIpc) is 2.35. The molecule has 2 aromatic rings. The Balaban J connectivity index is 2.23. The molecule has 0 radical (unpaired) electrons. The summed E-state index contributed by atoms with van der Waals surface area (Å²) in [6.07, 6.45) is 0. The number of hydrogen-bond acceptors (Lipinski definition) is 4. The number of carbonyl (C=O) groups excluding carboxylic acids is 1. The van der Waals surface area contributed by atoms with Crippen molar-refractivity contribution >= 4 is 40.7 Å². The molecule has 2 rings (SSSR count). The number of halogens is 2.